The van der Waals surface area contributed by atoms with Crippen molar-refractivity contribution in [3.05, 3.63) is 0 Å². The molecule has 2 bridgehead atoms. The molecule has 0 radical (unpaired) electrons. The van der Waals surface area contributed by atoms with E-state index >= 15 is 0 Å². The monoisotopic (exact) mass is 177 g/mol. The van der Waals surface area contributed by atoms with E-state index < -0.39 is 11.4 Å². The topological polar surface area (TPSA) is 58.6 Å². The summed E-state index contributed by atoms with van der Waals surface area (Å²) in [5, 5.41) is 0. The molecule has 4 unspecified atom stereocenters. The Hall–Kier alpha value is 0.0300. The third-order valence-electron chi connectivity index (χ3n) is 2.25. The standard InChI is InChI=1S/C6H10O4S/c7-11(8)10-6-3-4-1-2-5(6)9-4/h4-6H,1-3H2,(H,7,8)/p-1. The lowest BCUT2D eigenvalue weighted by atomic mass is 9.98. The van der Waals surface area contributed by atoms with Crippen LogP contribution in [-0.2, 0) is 20.3 Å². The predicted octanol–water partition coefficient (Wildman–Crippen LogP) is 0.117. The Morgan fingerprint density at radius 3 is 2.82 bits per heavy atom. The highest BCUT2D eigenvalue weighted by Gasteiger charge is 2.41. The van der Waals surface area contributed by atoms with Crippen molar-refractivity contribution in [2.24, 2.45) is 0 Å². The van der Waals surface area contributed by atoms with Crippen LogP contribution < -0.4 is 0 Å². The number of ether oxygens (including phenoxy) is 1. The summed E-state index contributed by atoms with van der Waals surface area (Å²) in [7, 11) is 0. The van der Waals surface area contributed by atoms with Crippen LogP contribution in [0.15, 0.2) is 0 Å². The van der Waals surface area contributed by atoms with Crippen LogP contribution in [0.2, 0.25) is 0 Å². The van der Waals surface area contributed by atoms with Crippen molar-refractivity contribution in [2.45, 2.75) is 37.6 Å². The molecule has 5 heteroatoms. The minimum absolute atomic E-state index is 0.0258. The Morgan fingerprint density at radius 2 is 2.36 bits per heavy atom. The maximum absolute atomic E-state index is 10.2. The molecule has 0 amide bonds. The van der Waals surface area contributed by atoms with Gasteiger partial charge >= 0.3 is 0 Å². The van der Waals surface area contributed by atoms with Crippen molar-refractivity contribution in [3.8, 4) is 0 Å². The summed E-state index contributed by atoms with van der Waals surface area (Å²) in [5.74, 6) is 0. The first kappa shape index (κ1) is 7.67. The second kappa shape index (κ2) is 2.82. The minimum atomic E-state index is -2.39. The highest BCUT2D eigenvalue weighted by molar-refractivity contribution is 7.74. The van der Waals surface area contributed by atoms with Gasteiger partial charge in [0.15, 0.2) is 0 Å². The highest BCUT2D eigenvalue weighted by atomic mass is 32.2. The summed E-state index contributed by atoms with van der Waals surface area (Å²) in [6.07, 6.45) is 2.78. The molecule has 2 rings (SSSR count). The third kappa shape index (κ3) is 1.46. The van der Waals surface area contributed by atoms with Gasteiger partial charge < -0.3 is 9.29 Å². The largest absolute Gasteiger partial charge is 0.750 e. The van der Waals surface area contributed by atoms with Crippen LogP contribution in [0.1, 0.15) is 19.3 Å². The van der Waals surface area contributed by atoms with E-state index in [4.69, 9.17) is 4.74 Å². The molecule has 0 aromatic carbocycles. The molecule has 4 nitrogen and oxygen atoms in total. The average Bonchev–Trinajstić information content (AvgIpc) is 2.45. The van der Waals surface area contributed by atoms with Gasteiger partial charge in [0, 0.05) is 6.42 Å². The summed E-state index contributed by atoms with van der Waals surface area (Å²) in [5.41, 5.74) is 0. The fourth-order valence-electron chi connectivity index (χ4n) is 1.79. The smallest absolute Gasteiger partial charge is 0.102 e. The summed E-state index contributed by atoms with van der Waals surface area (Å²) < 4.78 is 30.3. The van der Waals surface area contributed by atoms with Crippen molar-refractivity contribution in [3.63, 3.8) is 0 Å². The summed E-state index contributed by atoms with van der Waals surface area (Å²) >= 11 is -2.39. The molecule has 2 heterocycles. The van der Waals surface area contributed by atoms with E-state index in [-0.39, 0.29) is 18.3 Å². The fraction of sp³-hybridized carbons (Fsp3) is 1.00. The van der Waals surface area contributed by atoms with Crippen LogP contribution in [0.25, 0.3) is 0 Å². The van der Waals surface area contributed by atoms with Gasteiger partial charge in [-0.05, 0) is 12.8 Å². The maximum Gasteiger partial charge on any atom is 0.102 e. The van der Waals surface area contributed by atoms with E-state index in [0.717, 1.165) is 19.3 Å². The van der Waals surface area contributed by atoms with Gasteiger partial charge in [-0.15, -0.1) is 0 Å². The second-order valence-corrected chi connectivity index (χ2v) is 3.55. The summed E-state index contributed by atoms with van der Waals surface area (Å²) in [6.45, 7) is 0. The van der Waals surface area contributed by atoms with Crippen molar-refractivity contribution in [1.82, 2.24) is 0 Å². The van der Waals surface area contributed by atoms with E-state index in [1.807, 2.05) is 0 Å². The second-order valence-electron chi connectivity index (χ2n) is 2.95. The molecule has 64 valence electrons. The first-order chi connectivity index (χ1) is 5.25. The summed E-state index contributed by atoms with van der Waals surface area (Å²) in [6, 6.07) is 0. The van der Waals surface area contributed by atoms with Gasteiger partial charge in [0.2, 0.25) is 0 Å². The minimum Gasteiger partial charge on any atom is -0.750 e. The Morgan fingerprint density at radius 1 is 1.55 bits per heavy atom. The molecule has 0 spiro atoms. The quantitative estimate of drug-likeness (QED) is 0.562. The molecule has 4 atom stereocenters. The van der Waals surface area contributed by atoms with Crippen LogP contribution in [0, 0.1) is 0 Å². The van der Waals surface area contributed by atoms with E-state index in [2.05, 4.69) is 4.18 Å². The average molecular weight is 177 g/mol. The van der Waals surface area contributed by atoms with Crippen LogP contribution in [0.5, 0.6) is 0 Å². The zero-order chi connectivity index (χ0) is 7.84. The van der Waals surface area contributed by atoms with Crippen molar-refractivity contribution in [2.75, 3.05) is 0 Å². The van der Waals surface area contributed by atoms with Crippen molar-refractivity contribution in [1.29, 1.82) is 0 Å². The van der Waals surface area contributed by atoms with Crippen LogP contribution in [0.3, 0.4) is 0 Å². The van der Waals surface area contributed by atoms with Crippen LogP contribution >= 0.6 is 0 Å². The molecular formula is C6H9O4S-. The molecule has 11 heavy (non-hydrogen) atoms. The van der Waals surface area contributed by atoms with Crippen molar-refractivity contribution < 1.29 is 17.7 Å². The first-order valence-electron chi connectivity index (χ1n) is 3.67. The molecule has 2 saturated heterocycles. The molecule has 0 aliphatic carbocycles. The lowest BCUT2D eigenvalue weighted by Gasteiger charge is -2.19. The molecule has 0 saturated carbocycles. The predicted molar refractivity (Wildman–Crippen MR) is 36.3 cm³/mol. The molecule has 2 fully saturated rings. The molecule has 2 aliphatic heterocycles. The SMILES string of the molecule is O=S([O-])OC1CC2CCC1O2. The lowest BCUT2D eigenvalue weighted by Crippen LogP contribution is -2.26. The van der Waals surface area contributed by atoms with Gasteiger partial charge in [0.25, 0.3) is 0 Å². The third-order valence-corrected chi connectivity index (χ3v) is 2.66. The molecular weight excluding hydrogens is 168 g/mol. The Labute approximate surface area is 67.4 Å². The lowest BCUT2D eigenvalue weighted by molar-refractivity contribution is 0.0652. The van der Waals surface area contributed by atoms with Crippen LogP contribution in [-0.4, -0.2) is 27.1 Å². The van der Waals surface area contributed by atoms with Gasteiger partial charge in [-0.1, -0.05) is 0 Å². The van der Waals surface area contributed by atoms with Gasteiger partial charge in [0.1, 0.15) is 6.10 Å². The maximum atomic E-state index is 10.2. The zero-order valence-electron chi connectivity index (χ0n) is 5.89. The molecule has 0 aromatic rings. The number of hydrogen-bond donors (Lipinski definition) is 0. The fourth-order valence-corrected chi connectivity index (χ4v) is 2.20. The summed E-state index contributed by atoms with van der Waals surface area (Å²) in [4.78, 5) is 0. The molecule has 2 aliphatic rings. The van der Waals surface area contributed by atoms with Gasteiger partial charge in [-0.3, -0.25) is 4.18 Å². The number of fused-ring (bicyclic) bond motifs is 2. The Bertz CT molecular complexity index is 183. The Balaban J connectivity index is 1.92. The first-order valence-corrected chi connectivity index (χ1v) is 4.67. The highest BCUT2D eigenvalue weighted by Crippen LogP contribution is 2.36. The number of hydrogen-bond acceptors (Lipinski definition) is 4. The van der Waals surface area contributed by atoms with Crippen LogP contribution in [0.4, 0.5) is 0 Å². The van der Waals surface area contributed by atoms with E-state index in [0.29, 0.717) is 0 Å². The number of rotatable bonds is 2. The van der Waals surface area contributed by atoms with E-state index in [9.17, 15) is 8.76 Å². The molecule has 0 N–H and O–H groups in total. The normalized spacial score (nSPS) is 44.6. The van der Waals surface area contributed by atoms with E-state index in [1.165, 1.54) is 0 Å². The van der Waals surface area contributed by atoms with E-state index in [1.54, 1.807) is 0 Å². The van der Waals surface area contributed by atoms with Crippen molar-refractivity contribution >= 4 is 11.4 Å². The van der Waals surface area contributed by atoms with Gasteiger partial charge in [-0.25, -0.2) is 4.21 Å². The molecule has 0 aromatic heterocycles. The van der Waals surface area contributed by atoms with Gasteiger partial charge in [-0.2, -0.15) is 0 Å². The van der Waals surface area contributed by atoms with Gasteiger partial charge in [0.05, 0.1) is 23.6 Å². The Kier molecular flexibility index (Phi) is 1.97. The zero-order valence-corrected chi connectivity index (χ0v) is 6.71.